The molecule has 0 aliphatic rings. The highest BCUT2D eigenvalue weighted by Crippen LogP contribution is 2.26. The van der Waals surface area contributed by atoms with Crippen LogP contribution in [0.1, 0.15) is 37.0 Å². The highest BCUT2D eigenvalue weighted by molar-refractivity contribution is 6.02. The Kier molecular flexibility index (Phi) is 4.65. The molecule has 0 bridgehead atoms. The molecule has 0 saturated carbocycles. The van der Waals surface area contributed by atoms with Crippen LogP contribution in [0.4, 0.5) is 10.2 Å². The number of aromatic nitrogens is 4. The van der Waals surface area contributed by atoms with E-state index in [1.54, 1.807) is 22.9 Å². The number of carbonyl (C=O) groups is 1. The van der Waals surface area contributed by atoms with Gasteiger partial charge in [-0.1, -0.05) is 20.8 Å². The summed E-state index contributed by atoms with van der Waals surface area (Å²) >= 11 is 0. The summed E-state index contributed by atoms with van der Waals surface area (Å²) in [5.41, 5.74) is 0.907. The Hall–Kier alpha value is -3.29. The van der Waals surface area contributed by atoms with E-state index in [9.17, 15) is 14.0 Å². The van der Waals surface area contributed by atoms with Gasteiger partial charge in [0.05, 0.1) is 11.4 Å². The van der Waals surface area contributed by atoms with Gasteiger partial charge in [-0.25, -0.2) is 13.8 Å². The van der Waals surface area contributed by atoms with Gasteiger partial charge in [0.2, 0.25) is 0 Å². The smallest absolute Gasteiger partial charge is 0.277 e. The van der Waals surface area contributed by atoms with E-state index in [4.69, 9.17) is 0 Å². The summed E-state index contributed by atoms with van der Waals surface area (Å²) in [5, 5.41) is 11.3. The molecule has 1 amide bonds. The van der Waals surface area contributed by atoms with Crippen LogP contribution in [0.2, 0.25) is 0 Å². The number of nitrogens with one attached hydrogen (secondary N) is 1. The fraction of sp³-hybridized carbons (Fsp3) is 0.263. The van der Waals surface area contributed by atoms with Crippen molar-refractivity contribution in [1.82, 2.24) is 19.6 Å². The maximum atomic E-state index is 13.3. The van der Waals surface area contributed by atoms with E-state index in [1.165, 1.54) is 31.3 Å². The molecule has 1 N–H and O–H groups in total. The molecule has 0 aliphatic heterocycles. The molecule has 0 fully saturated rings. The first-order valence-corrected chi connectivity index (χ1v) is 8.37. The van der Waals surface area contributed by atoms with Crippen LogP contribution in [0.15, 0.2) is 47.3 Å². The molecule has 0 unspecified atom stereocenters. The summed E-state index contributed by atoms with van der Waals surface area (Å²) in [6.45, 7) is 6.01. The predicted octanol–water partition coefficient (Wildman–Crippen LogP) is 2.65. The number of amides is 1. The van der Waals surface area contributed by atoms with Gasteiger partial charge < -0.3 is 5.32 Å². The first-order chi connectivity index (χ1) is 12.6. The van der Waals surface area contributed by atoms with Crippen molar-refractivity contribution in [2.45, 2.75) is 26.2 Å². The molecule has 140 valence electrons. The Morgan fingerprint density at radius 3 is 2.33 bits per heavy atom. The van der Waals surface area contributed by atoms with Crippen LogP contribution in [-0.4, -0.2) is 25.5 Å². The second kappa shape index (κ2) is 6.79. The first kappa shape index (κ1) is 18.5. The molecule has 2 heterocycles. The van der Waals surface area contributed by atoms with Crippen LogP contribution in [0.3, 0.4) is 0 Å². The lowest BCUT2D eigenvalue weighted by Gasteiger charge is -2.14. The lowest BCUT2D eigenvalue weighted by molar-refractivity contribution is 0.101. The zero-order valence-corrected chi connectivity index (χ0v) is 15.5. The number of benzene rings is 1. The molecule has 3 aromatic rings. The number of hydrogen-bond acceptors (Lipinski definition) is 4. The molecule has 8 heteroatoms. The minimum Gasteiger partial charge on any atom is -0.305 e. The summed E-state index contributed by atoms with van der Waals surface area (Å²) < 4.78 is 15.9. The van der Waals surface area contributed by atoms with Gasteiger partial charge in [-0.15, -0.1) is 0 Å². The number of carbonyl (C=O) groups excluding carboxylic acids is 1. The molecule has 2 aromatic heterocycles. The number of anilines is 1. The Morgan fingerprint density at radius 1 is 1.07 bits per heavy atom. The number of hydrogen-bond donors (Lipinski definition) is 1. The number of rotatable bonds is 3. The number of nitrogens with zero attached hydrogens (tertiary/aromatic N) is 4. The van der Waals surface area contributed by atoms with Crippen LogP contribution in [0, 0.1) is 5.82 Å². The van der Waals surface area contributed by atoms with E-state index >= 15 is 0 Å². The van der Waals surface area contributed by atoms with E-state index in [0.29, 0.717) is 11.5 Å². The summed E-state index contributed by atoms with van der Waals surface area (Å²) in [6, 6.07) is 10.2. The van der Waals surface area contributed by atoms with Gasteiger partial charge in [-0.05, 0) is 30.3 Å². The lowest BCUT2D eigenvalue weighted by atomic mass is 9.92. The van der Waals surface area contributed by atoms with Crippen molar-refractivity contribution in [3.63, 3.8) is 0 Å². The second-order valence-electron chi connectivity index (χ2n) is 7.19. The highest BCUT2D eigenvalue weighted by Gasteiger charge is 2.22. The standard InChI is InChI=1S/C19H20FN5O2/c1-19(2,3)15-11-16(25(23-15)13-7-5-12(20)6-8-13)21-18(27)14-9-10-17(26)24(4)22-14/h5-11H,1-4H3,(H,21,27). The van der Waals surface area contributed by atoms with Gasteiger partial charge in [0.1, 0.15) is 17.3 Å². The fourth-order valence-electron chi connectivity index (χ4n) is 2.42. The normalized spacial score (nSPS) is 11.4. The largest absolute Gasteiger partial charge is 0.305 e. The van der Waals surface area contributed by atoms with Crippen LogP contribution in [0.25, 0.3) is 5.69 Å². The molecule has 3 rings (SSSR count). The molecule has 0 aliphatic carbocycles. The Labute approximate surface area is 155 Å². The van der Waals surface area contributed by atoms with Crippen molar-refractivity contribution in [3.8, 4) is 5.69 Å². The molecule has 0 radical (unpaired) electrons. The molecule has 0 saturated heterocycles. The van der Waals surface area contributed by atoms with E-state index < -0.39 is 5.91 Å². The molecule has 27 heavy (non-hydrogen) atoms. The molecule has 1 aromatic carbocycles. The van der Waals surface area contributed by atoms with Gasteiger partial charge in [-0.3, -0.25) is 9.59 Å². The molecule has 0 atom stereocenters. The average Bonchev–Trinajstić information content (AvgIpc) is 3.02. The van der Waals surface area contributed by atoms with Crippen LogP contribution in [0.5, 0.6) is 0 Å². The third kappa shape index (κ3) is 3.94. The molecule has 0 spiro atoms. The van der Waals surface area contributed by atoms with E-state index in [1.807, 2.05) is 20.8 Å². The minimum absolute atomic E-state index is 0.0984. The van der Waals surface area contributed by atoms with Crippen LogP contribution < -0.4 is 10.9 Å². The highest BCUT2D eigenvalue weighted by atomic mass is 19.1. The van der Waals surface area contributed by atoms with Crippen molar-refractivity contribution < 1.29 is 9.18 Å². The summed E-state index contributed by atoms with van der Waals surface area (Å²) in [7, 11) is 1.47. The molecular weight excluding hydrogens is 349 g/mol. The second-order valence-corrected chi connectivity index (χ2v) is 7.19. The topological polar surface area (TPSA) is 81.8 Å². The third-order valence-corrected chi connectivity index (χ3v) is 3.98. The van der Waals surface area contributed by atoms with Crippen molar-refractivity contribution >= 4 is 11.7 Å². The zero-order chi connectivity index (χ0) is 19.8. The van der Waals surface area contributed by atoms with E-state index in [-0.39, 0.29) is 22.5 Å². The quantitative estimate of drug-likeness (QED) is 0.770. The van der Waals surface area contributed by atoms with E-state index in [0.717, 1.165) is 10.4 Å². The van der Waals surface area contributed by atoms with Crippen molar-refractivity contribution in [1.29, 1.82) is 0 Å². The maximum absolute atomic E-state index is 13.3. The van der Waals surface area contributed by atoms with Crippen molar-refractivity contribution in [2.24, 2.45) is 7.05 Å². The van der Waals surface area contributed by atoms with Crippen LogP contribution in [-0.2, 0) is 12.5 Å². The monoisotopic (exact) mass is 369 g/mol. The van der Waals surface area contributed by atoms with Gasteiger partial charge in [0.25, 0.3) is 11.5 Å². The zero-order valence-electron chi connectivity index (χ0n) is 15.5. The van der Waals surface area contributed by atoms with Gasteiger partial charge >= 0.3 is 0 Å². The van der Waals surface area contributed by atoms with E-state index in [2.05, 4.69) is 15.5 Å². The predicted molar refractivity (Wildman–Crippen MR) is 99.7 cm³/mol. The summed E-state index contributed by atoms with van der Waals surface area (Å²) in [5.74, 6) is -0.413. The maximum Gasteiger partial charge on any atom is 0.277 e. The van der Waals surface area contributed by atoms with Gasteiger partial charge in [-0.2, -0.15) is 10.2 Å². The van der Waals surface area contributed by atoms with Crippen molar-refractivity contribution in [2.75, 3.05) is 5.32 Å². The summed E-state index contributed by atoms with van der Waals surface area (Å²) in [6.07, 6.45) is 0. The molecule has 7 nitrogen and oxygen atoms in total. The third-order valence-electron chi connectivity index (χ3n) is 3.98. The van der Waals surface area contributed by atoms with Gasteiger partial charge in [0.15, 0.2) is 0 Å². The van der Waals surface area contributed by atoms with Gasteiger partial charge in [0, 0.05) is 24.6 Å². The minimum atomic E-state index is -0.477. The Bertz CT molecular complexity index is 1050. The SMILES string of the molecule is Cn1nc(C(=O)Nc2cc(C(C)(C)C)nn2-c2ccc(F)cc2)ccc1=O. The fourth-order valence-corrected chi connectivity index (χ4v) is 2.42. The molecular formula is C19H20FN5O2. The lowest BCUT2D eigenvalue weighted by Crippen LogP contribution is -2.24. The van der Waals surface area contributed by atoms with Crippen molar-refractivity contribution in [3.05, 3.63) is 70.0 Å². The number of halogens is 1. The summed E-state index contributed by atoms with van der Waals surface area (Å²) in [4.78, 5) is 24.0. The Balaban J connectivity index is 2.01. The first-order valence-electron chi connectivity index (χ1n) is 8.37. The van der Waals surface area contributed by atoms with Crippen LogP contribution >= 0.6 is 0 Å². The average molecular weight is 369 g/mol. The Morgan fingerprint density at radius 2 is 1.74 bits per heavy atom. The number of aryl methyl sites for hydroxylation is 1.